The van der Waals surface area contributed by atoms with E-state index in [2.05, 4.69) is 34.3 Å². The first-order valence-corrected chi connectivity index (χ1v) is 8.41. The highest BCUT2D eigenvalue weighted by atomic mass is 35.5. The zero-order chi connectivity index (χ0) is 16.5. The van der Waals surface area contributed by atoms with Crippen LogP contribution in [0.3, 0.4) is 0 Å². The molecule has 1 aliphatic heterocycles. The molecular weight excluding hydrogens is 357 g/mol. The van der Waals surface area contributed by atoms with Crippen molar-refractivity contribution < 1.29 is 5.11 Å². The van der Waals surface area contributed by atoms with Gasteiger partial charge in [-0.1, -0.05) is 54.1 Å². The fraction of sp³-hybridized carbons (Fsp3) is 0.211. The van der Waals surface area contributed by atoms with Crippen molar-refractivity contribution in [3.8, 4) is 11.6 Å². The van der Waals surface area contributed by atoms with Crippen molar-refractivity contribution in [2.24, 2.45) is 0 Å². The van der Waals surface area contributed by atoms with Crippen molar-refractivity contribution in [1.29, 1.82) is 0 Å². The number of aromatic hydroxyl groups is 1. The first-order chi connectivity index (χ1) is 11.7. The van der Waals surface area contributed by atoms with Gasteiger partial charge >= 0.3 is 0 Å². The van der Waals surface area contributed by atoms with Gasteiger partial charge in [0.05, 0.1) is 22.0 Å². The lowest BCUT2D eigenvalue weighted by Gasteiger charge is -2.26. The predicted octanol–water partition coefficient (Wildman–Crippen LogP) is 4.21. The van der Waals surface area contributed by atoms with Crippen molar-refractivity contribution in [1.82, 2.24) is 14.7 Å². The molecule has 2 aromatic carbocycles. The smallest absolute Gasteiger partial charge is 0.219 e. The van der Waals surface area contributed by atoms with Crippen molar-refractivity contribution >= 4 is 24.0 Å². The molecule has 0 radical (unpaired) electrons. The Labute approximate surface area is 158 Å². The summed E-state index contributed by atoms with van der Waals surface area (Å²) in [6.07, 6.45) is 0.827. The summed E-state index contributed by atoms with van der Waals surface area (Å²) in [5.41, 5.74) is 3.84. The standard InChI is InChI=1S/C19H18ClN3O.ClH/c20-16-8-4-5-9-18(16)23-19(24)15-13-22(11-10-17(15)21-23)12-14-6-2-1-3-7-14;/h1-9,24H,10-13H2;1H. The summed E-state index contributed by atoms with van der Waals surface area (Å²) < 4.78 is 1.55. The van der Waals surface area contributed by atoms with Gasteiger partial charge < -0.3 is 5.11 Å². The van der Waals surface area contributed by atoms with Gasteiger partial charge in [0, 0.05) is 26.1 Å². The molecule has 4 rings (SSSR count). The second kappa shape index (κ2) is 7.48. The van der Waals surface area contributed by atoms with Gasteiger partial charge in [0.25, 0.3) is 0 Å². The molecule has 0 saturated heterocycles. The van der Waals surface area contributed by atoms with Crippen LogP contribution in [-0.2, 0) is 19.5 Å². The van der Waals surface area contributed by atoms with E-state index in [0.29, 0.717) is 17.3 Å². The molecular formula is C19H19Cl2N3O. The lowest BCUT2D eigenvalue weighted by Crippen LogP contribution is -2.29. The van der Waals surface area contributed by atoms with Gasteiger partial charge in [-0.25, -0.2) is 0 Å². The van der Waals surface area contributed by atoms with E-state index in [-0.39, 0.29) is 18.3 Å². The Kier molecular flexibility index (Phi) is 5.33. The number of hydrogen-bond acceptors (Lipinski definition) is 3. The second-order valence-electron chi connectivity index (χ2n) is 6.06. The monoisotopic (exact) mass is 375 g/mol. The molecule has 25 heavy (non-hydrogen) atoms. The topological polar surface area (TPSA) is 41.3 Å². The summed E-state index contributed by atoms with van der Waals surface area (Å²) in [4.78, 5) is 2.33. The van der Waals surface area contributed by atoms with Gasteiger partial charge in [-0.05, 0) is 17.7 Å². The van der Waals surface area contributed by atoms with Gasteiger partial charge in [0.1, 0.15) is 0 Å². The third-order valence-electron chi connectivity index (χ3n) is 4.42. The van der Waals surface area contributed by atoms with Gasteiger partial charge in [-0.2, -0.15) is 9.78 Å². The molecule has 0 fully saturated rings. The van der Waals surface area contributed by atoms with Crippen molar-refractivity contribution in [2.45, 2.75) is 19.5 Å². The van der Waals surface area contributed by atoms with Crippen LogP contribution in [-0.4, -0.2) is 26.3 Å². The Morgan fingerprint density at radius 3 is 2.52 bits per heavy atom. The van der Waals surface area contributed by atoms with Crippen molar-refractivity contribution in [2.75, 3.05) is 6.54 Å². The van der Waals surface area contributed by atoms with Crippen molar-refractivity contribution in [3.63, 3.8) is 0 Å². The van der Waals surface area contributed by atoms with E-state index < -0.39 is 0 Å². The van der Waals surface area contributed by atoms with Gasteiger partial charge in [0.2, 0.25) is 5.88 Å². The number of fused-ring (bicyclic) bond motifs is 1. The Bertz CT molecular complexity index is 864. The van der Waals surface area contributed by atoms with Crippen LogP contribution < -0.4 is 0 Å². The van der Waals surface area contributed by atoms with Gasteiger partial charge in [-0.3, -0.25) is 4.90 Å². The molecule has 130 valence electrons. The van der Waals surface area contributed by atoms with Crippen LogP contribution in [0.25, 0.3) is 5.69 Å². The van der Waals surface area contributed by atoms with E-state index in [0.717, 1.165) is 30.8 Å². The van der Waals surface area contributed by atoms with Crippen LogP contribution >= 0.6 is 24.0 Å². The Morgan fingerprint density at radius 1 is 1.04 bits per heavy atom. The average Bonchev–Trinajstić information content (AvgIpc) is 2.93. The summed E-state index contributed by atoms with van der Waals surface area (Å²) >= 11 is 6.25. The highest BCUT2D eigenvalue weighted by Crippen LogP contribution is 2.32. The number of para-hydroxylation sites is 1. The number of halogens is 2. The van der Waals surface area contributed by atoms with Gasteiger partial charge in [0.15, 0.2) is 0 Å². The zero-order valence-electron chi connectivity index (χ0n) is 13.6. The number of aromatic nitrogens is 2. The third-order valence-corrected chi connectivity index (χ3v) is 4.74. The predicted molar refractivity (Wildman–Crippen MR) is 102 cm³/mol. The lowest BCUT2D eigenvalue weighted by atomic mass is 10.1. The van der Waals surface area contributed by atoms with Crippen LogP contribution in [0.4, 0.5) is 0 Å². The van der Waals surface area contributed by atoms with E-state index in [1.165, 1.54) is 5.56 Å². The first-order valence-electron chi connectivity index (χ1n) is 8.03. The third kappa shape index (κ3) is 3.52. The fourth-order valence-electron chi connectivity index (χ4n) is 3.18. The van der Waals surface area contributed by atoms with Crippen LogP contribution in [0, 0.1) is 0 Å². The molecule has 0 saturated carbocycles. The first kappa shape index (κ1) is 17.8. The molecule has 0 aliphatic carbocycles. The summed E-state index contributed by atoms with van der Waals surface area (Å²) in [5.74, 6) is 0.191. The van der Waals surface area contributed by atoms with Crippen LogP contribution in [0.2, 0.25) is 5.02 Å². The Balaban J connectivity index is 0.00000182. The van der Waals surface area contributed by atoms with E-state index in [1.54, 1.807) is 10.7 Å². The molecule has 0 unspecified atom stereocenters. The number of nitrogens with zero attached hydrogens (tertiary/aromatic N) is 3. The Morgan fingerprint density at radius 2 is 1.76 bits per heavy atom. The van der Waals surface area contributed by atoms with E-state index in [1.807, 2.05) is 24.3 Å². The molecule has 2 heterocycles. The maximum absolute atomic E-state index is 10.7. The SMILES string of the molecule is Cl.Oc1c2c(nn1-c1ccccc1Cl)CCN(Cc1ccccc1)C2. The van der Waals surface area contributed by atoms with Crippen LogP contribution in [0.15, 0.2) is 54.6 Å². The molecule has 0 spiro atoms. The molecule has 0 atom stereocenters. The highest BCUT2D eigenvalue weighted by Gasteiger charge is 2.25. The summed E-state index contributed by atoms with van der Waals surface area (Å²) in [5, 5.41) is 15.8. The van der Waals surface area contributed by atoms with Crippen molar-refractivity contribution in [3.05, 3.63) is 76.4 Å². The summed E-state index contributed by atoms with van der Waals surface area (Å²) in [6.45, 7) is 2.50. The largest absolute Gasteiger partial charge is 0.493 e. The molecule has 1 aromatic heterocycles. The maximum atomic E-state index is 10.7. The van der Waals surface area contributed by atoms with Gasteiger partial charge in [-0.15, -0.1) is 12.4 Å². The normalized spacial score (nSPS) is 14.0. The van der Waals surface area contributed by atoms with Crippen LogP contribution in [0.1, 0.15) is 16.8 Å². The average molecular weight is 376 g/mol. The highest BCUT2D eigenvalue weighted by molar-refractivity contribution is 6.32. The molecule has 4 nitrogen and oxygen atoms in total. The minimum absolute atomic E-state index is 0. The molecule has 1 N–H and O–H groups in total. The van der Waals surface area contributed by atoms with E-state index in [4.69, 9.17) is 11.6 Å². The number of rotatable bonds is 3. The fourth-order valence-corrected chi connectivity index (χ4v) is 3.40. The Hall–Kier alpha value is -2.01. The molecule has 6 heteroatoms. The van der Waals surface area contributed by atoms with E-state index in [9.17, 15) is 5.11 Å². The summed E-state index contributed by atoms with van der Waals surface area (Å²) in [6, 6.07) is 17.8. The van der Waals surface area contributed by atoms with E-state index >= 15 is 0 Å². The molecule has 3 aromatic rings. The number of hydrogen-bond donors (Lipinski definition) is 1. The molecule has 0 bridgehead atoms. The lowest BCUT2D eigenvalue weighted by molar-refractivity contribution is 0.241. The quantitative estimate of drug-likeness (QED) is 0.745. The number of benzene rings is 2. The maximum Gasteiger partial charge on any atom is 0.219 e. The minimum Gasteiger partial charge on any atom is -0.493 e. The summed E-state index contributed by atoms with van der Waals surface area (Å²) in [7, 11) is 0. The minimum atomic E-state index is 0. The molecule has 0 amide bonds. The molecule has 1 aliphatic rings. The van der Waals surface area contributed by atoms with Crippen LogP contribution in [0.5, 0.6) is 5.88 Å². The second-order valence-corrected chi connectivity index (χ2v) is 6.47. The zero-order valence-corrected chi connectivity index (χ0v) is 15.2.